The Bertz CT molecular complexity index is 673. The van der Waals surface area contributed by atoms with E-state index in [1.807, 2.05) is 54.6 Å². The fourth-order valence-corrected chi connectivity index (χ4v) is 3.12. The maximum atomic E-state index is 12.1. The maximum absolute atomic E-state index is 12.1. The molecule has 26 heavy (non-hydrogen) atoms. The summed E-state index contributed by atoms with van der Waals surface area (Å²) < 4.78 is 5.94. The lowest BCUT2D eigenvalue weighted by molar-refractivity contribution is -0.121. The molecule has 2 N–H and O–H groups in total. The molecule has 1 heterocycles. The predicted octanol–water partition coefficient (Wildman–Crippen LogP) is 3.84. The molecule has 0 spiro atoms. The minimum absolute atomic E-state index is 0. The summed E-state index contributed by atoms with van der Waals surface area (Å²) in [4.78, 5) is 12.1. The van der Waals surface area contributed by atoms with Crippen LogP contribution >= 0.6 is 12.4 Å². The Morgan fingerprint density at radius 1 is 1.12 bits per heavy atom. The van der Waals surface area contributed by atoms with Crippen LogP contribution in [-0.4, -0.2) is 18.5 Å². The first-order chi connectivity index (χ1) is 12.3. The number of benzene rings is 2. The van der Waals surface area contributed by atoms with Crippen molar-refractivity contribution in [2.24, 2.45) is 0 Å². The molecule has 1 atom stereocenters. The van der Waals surface area contributed by atoms with Crippen molar-refractivity contribution in [3.63, 3.8) is 0 Å². The smallest absolute Gasteiger partial charge is 0.220 e. The minimum atomic E-state index is 0. The van der Waals surface area contributed by atoms with Crippen LogP contribution in [0.2, 0.25) is 0 Å². The number of ether oxygens (including phenoxy) is 1. The van der Waals surface area contributed by atoms with E-state index < -0.39 is 0 Å². The van der Waals surface area contributed by atoms with Gasteiger partial charge in [-0.05, 0) is 37.4 Å². The molecule has 0 saturated carbocycles. The molecular weight excluding hydrogens is 348 g/mol. The Balaban J connectivity index is 0.00000243. The van der Waals surface area contributed by atoms with Crippen LogP contribution in [-0.2, 0) is 17.9 Å². The molecule has 2 aromatic rings. The van der Waals surface area contributed by atoms with E-state index in [1.165, 1.54) is 12.8 Å². The van der Waals surface area contributed by atoms with E-state index in [0.29, 0.717) is 25.6 Å². The van der Waals surface area contributed by atoms with Gasteiger partial charge in [-0.3, -0.25) is 4.79 Å². The van der Waals surface area contributed by atoms with Crippen LogP contribution in [0, 0.1) is 0 Å². The van der Waals surface area contributed by atoms with E-state index in [9.17, 15) is 4.79 Å². The van der Waals surface area contributed by atoms with Gasteiger partial charge in [-0.15, -0.1) is 12.4 Å². The van der Waals surface area contributed by atoms with Crippen LogP contribution in [0.25, 0.3) is 0 Å². The van der Waals surface area contributed by atoms with E-state index in [2.05, 4.69) is 10.6 Å². The minimum Gasteiger partial charge on any atom is -0.489 e. The third kappa shape index (κ3) is 6.36. The topological polar surface area (TPSA) is 50.4 Å². The Morgan fingerprint density at radius 2 is 1.88 bits per heavy atom. The summed E-state index contributed by atoms with van der Waals surface area (Å²) in [5.41, 5.74) is 2.14. The number of carbonyl (C=O) groups is 1. The zero-order valence-electron chi connectivity index (χ0n) is 14.9. The number of hydrogen-bond donors (Lipinski definition) is 2. The van der Waals surface area contributed by atoms with Gasteiger partial charge >= 0.3 is 0 Å². The predicted molar refractivity (Wildman–Crippen MR) is 107 cm³/mol. The summed E-state index contributed by atoms with van der Waals surface area (Å²) in [6.45, 7) is 2.11. The van der Waals surface area contributed by atoms with Gasteiger partial charge in [0.2, 0.25) is 5.91 Å². The number of carbonyl (C=O) groups excluding carboxylic acids is 1. The van der Waals surface area contributed by atoms with Crippen LogP contribution in [0.4, 0.5) is 0 Å². The number of nitrogens with one attached hydrogen (secondary N) is 2. The molecule has 5 heteroatoms. The van der Waals surface area contributed by atoms with Gasteiger partial charge < -0.3 is 15.4 Å². The monoisotopic (exact) mass is 374 g/mol. The molecule has 1 amide bonds. The van der Waals surface area contributed by atoms with Gasteiger partial charge in [0, 0.05) is 24.6 Å². The van der Waals surface area contributed by atoms with Gasteiger partial charge in [0.25, 0.3) is 0 Å². The van der Waals surface area contributed by atoms with Crippen LogP contribution in [0.3, 0.4) is 0 Å². The summed E-state index contributed by atoms with van der Waals surface area (Å²) in [5.74, 6) is 0.927. The highest BCUT2D eigenvalue weighted by Gasteiger charge is 2.15. The molecule has 0 bridgehead atoms. The molecule has 2 aromatic carbocycles. The SMILES string of the molecule is Cl.O=C(CCC1CCCN1)NCc1ccccc1OCc1ccccc1. The molecule has 1 saturated heterocycles. The van der Waals surface area contributed by atoms with E-state index in [-0.39, 0.29) is 18.3 Å². The van der Waals surface area contributed by atoms with E-state index >= 15 is 0 Å². The highest BCUT2D eigenvalue weighted by atomic mass is 35.5. The molecule has 1 fully saturated rings. The molecule has 1 aliphatic rings. The van der Waals surface area contributed by atoms with Crippen LogP contribution < -0.4 is 15.4 Å². The van der Waals surface area contributed by atoms with Gasteiger partial charge in [-0.2, -0.15) is 0 Å². The van der Waals surface area contributed by atoms with Crippen LogP contribution in [0.5, 0.6) is 5.75 Å². The van der Waals surface area contributed by atoms with Crippen molar-refractivity contribution in [3.8, 4) is 5.75 Å². The molecular formula is C21H27ClN2O2. The van der Waals surface area contributed by atoms with Gasteiger partial charge in [-0.1, -0.05) is 48.5 Å². The largest absolute Gasteiger partial charge is 0.489 e. The molecule has 1 aliphatic heterocycles. The molecule has 1 unspecified atom stereocenters. The zero-order chi connectivity index (χ0) is 17.3. The van der Waals surface area contributed by atoms with Gasteiger partial charge in [0.05, 0.1) is 0 Å². The van der Waals surface area contributed by atoms with Crippen molar-refractivity contribution in [2.45, 2.75) is 44.9 Å². The standard InChI is InChI=1S/C21H26N2O2.ClH/c24-21(13-12-19-10-6-14-22-19)23-15-18-9-4-5-11-20(18)25-16-17-7-2-1-3-8-17;/h1-5,7-9,11,19,22H,6,10,12-16H2,(H,23,24);1H. The number of para-hydroxylation sites is 1. The Morgan fingerprint density at radius 3 is 2.65 bits per heavy atom. The quantitative estimate of drug-likeness (QED) is 0.738. The lowest BCUT2D eigenvalue weighted by Gasteiger charge is -2.13. The highest BCUT2D eigenvalue weighted by Crippen LogP contribution is 2.19. The molecule has 0 aliphatic carbocycles. The lowest BCUT2D eigenvalue weighted by atomic mass is 10.1. The van der Waals surface area contributed by atoms with Crippen molar-refractivity contribution < 1.29 is 9.53 Å². The first-order valence-electron chi connectivity index (χ1n) is 9.06. The average Bonchev–Trinajstić information content (AvgIpc) is 3.18. The first kappa shape index (κ1) is 20.3. The Hall–Kier alpha value is -2.04. The number of rotatable bonds is 8. The number of amides is 1. The Labute approximate surface area is 161 Å². The molecule has 140 valence electrons. The van der Waals surface area contributed by atoms with Crippen molar-refractivity contribution in [3.05, 3.63) is 65.7 Å². The van der Waals surface area contributed by atoms with Crippen LogP contribution in [0.15, 0.2) is 54.6 Å². The average molecular weight is 375 g/mol. The van der Waals surface area contributed by atoms with E-state index in [4.69, 9.17) is 4.74 Å². The third-order valence-electron chi connectivity index (χ3n) is 4.57. The van der Waals surface area contributed by atoms with Crippen molar-refractivity contribution >= 4 is 18.3 Å². The summed E-state index contributed by atoms with van der Waals surface area (Å²) in [6.07, 6.45) is 3.89. The molecule has 0 aromatic heterocycles. The second kappa shape index (κ2) is 10.8. The fourth-order valence-electron chi connectivity index (χ4n) is 3.12. The van der Waals surface area contributed by atoms with E-state index in [1.54, 1.807) is 0 Å². The summed E-state index contributed by atoms with van der Waals surface area (Å²) in [5, 5.41) is 6.44. The maximum Gasteiger partial charge on any atom is 0.220 e. The number of halogens is 1. The summed E-state index contributed by atoms with van der Waals surface area (Å²) in [7, 11) is 0. The van der Waals surface area contributed by atoms with E-state index in [0.717, 1.165) is 29.8 Å². The third-order valence-corrected chi connectivity index (χ3v) is 4.57. The second-order valence-electron chi connectivity index (χ2n) is 6.49. The molecule has 4 nitrogen and oxygen atoms in total. The van der Waals surface area contributed by atoms with Crippen molar-refractivity contribution in [1.29, 1.82) is 0 Å². The summed E-state index contributed by atoms with van der Waals surface area (Å²) >= 11 is 0. The van der Waals surface area contributed by atoms with Crippen molar-refractivity contribution in [1.82, 2.24) is 10.6 Å². The normalized spacial score (nSPS) is 15.9. The first-order valence-corrected chi connectivity index (χ1v) is 9.06. The van der Waals surface area contributed by atoms with Gasteiger partial charge in [-0.25, -0.2) is 0 Å². The highest BCUT2D eigenvalue weighted by molar-refractivity contribution is 5.85. The van der Waals surface area contributed by atoms with Gasteiger partial charge in [0.15, 0.2) is 0 Å². The fraction of sp³-hybridized carbons (Fsp3) is 0.381. The number of hydrogen-bond acceptors (Lipinski definition) is 3. The van der Waals surface area contributed by atoms with Crippen molar-refractivity contribution in [2.75, 3.05) is 6.54 Å². The van der Waals surface area contributed by atoms with Crippen LogP contribution in [0.1, 0.15) is 36.8 Å². The zero-order valence-corrected chi connectivity index (χ0v) is 15.8. The Kier molecular flexibility index (Phi) is 8.45. The second-order valence-corrected chi connectivity index (χ2v) is 6.49. The molecule has 0 radical (unpaired) electrons. The molecule has 3 rings (SSSR count). The lowest BCUT2D eigenvalue weighted by Crippen LogP contribution is -2.27. The summed E-state index contributed by atoms with van der Waals surface area (Å²) in [6, 6.07) is 18.5. The van der Waals surface area contributed by atoms with Gasteiger partial charge in [0.1, 0.15) is 12.4 Å².